The first-order valence-corrected chi connectivity index (χ1v) is 8.48. The molecule has 4 nitrogen and oxygen atoms in total. The smallest absolute Gasteiger partial charge is 0.254 e. The van der Waals surface area contributed by atoms with Crippen molar-refractivity contribution in [2.45, 2.75) is 20.0 Å². The molecule has 0 unspecified atom stereocenters. The molecule has 0 saturated heterocycles. The van der Waals surface area contributed by atoms with E-state index in [9.17, 15) is 4.79 Å². The number of hydrogen-bond donors (Lipinski definition) is 1. The van der Waals surface area contributed by atoms with E-state index < -0.39 is 0 Å². The number of pyridine rings is 1. The van der Waals surface area contributed by atoms with Crippen molar-refractivity contribution < 1.29 is 9.53 Å². The molecule has 128 valence electrons. The molecule has 0 saturated carbocycles. The lowest BCUT2D eigenvalue weighted by atomic mass is 10.1. The third kappa shape index (κ3) is 5.48. The number of benzene rings is 1. The molecule has 0 fully saturated rings. The zero-order valence-electron chi connectivity index (χ0n) is 13.6. The van der Waals surface area contributed by atoms with Crippen molar-refractivity contribution in [3.05, 3.63) is 63.9 Å². The van der Waals surface area contributed by atoms with Crippen molar-refractivity contribution in [1.29, 1.82) is 0 Å². The van der Waals surface area contributed by atoms with Gasteiger partial charge in [0.05, 0.1) is 11.7 Å². The van der Waals surface area contributed by atoms with Crippen LogP contribution in [-0.4, -0.2) is 24.0 Å². The molecule has 0 radical (unpaired) electrons. The summed E-state index contributed by atoms with van der Waals surface area (Å²) in [5.41, 5.74) is 1.30. The molecular weight excluding hydrogens is 347 g/mol. The molecule has 2 aromatic rings. The molecule has 1 N–H and O–H groups in total. The molecule has 1 atom stereocenters. The van der Waals surface area contributed by atoms with E-state index in [4.69, 9.17) is 27.9 Å². The summed E-state index contributed by atoms with van der Waals surface area (Å²) in [4.78, 5) is 16.2. The fourth-order valence-corrected chi connectivity index (χ4v) is 2.43. The number of carbonyl (C=O) groups excluding carboxylic acids is 1. The van der Waals surface area contributed by atoms with Gasteiger partial charge in [0.2, 0.25) is 0 Å². The molecule has 1 amide bonds. The molecule has 1 heterocycles. The average molecular weight is 367 g/mol. The lowest BCUT2D eigenvalue weighted by Gasteiger charge is -2.20. The average Bonchev–Trinajstić information content (AvgIpc) is 2.56. The van der Waals surface area contributed by atoms with Crippen molar-refractivity contribution in [3.63, 3.8) is 0 Å². The summed E-state index contributed by atoms with van der Waals surface area (Å²) in [6.07, 6.45) is 1.28. The largest absolute Gasteiger partial charge is 0.371 e. The van der Waals surface area contributed by atoms with E-state index in [1.165, 1.54) is 0 Å². The molecular formula is C18H20Cl2N2O2. The molecule has 0 bridgehead atoms. The summed E-state index contributed by atoms with van der Waals surface area (Å²) in [7, 11) is 0. The Bertz CT molecular complexity index is 675. The maximum Gasteiger partial charge on any atom is 0.254 e. The van der Waals surface area contributed by atoms with E-state index in [0.29, 0.717) is 29.7 Å². The molecule has 0 aliphatic heterocycles. The van der Waals surface area contributed by atoms with Gasteiger partial charge in [0, 0.05) is 24.4 Å². The van der Waals surface area contributed by atoms with E-state index in [-0.39, 0.29) is 17.2 Å². The summed E-state index contributed by atoms with van der Waals surface area (Å²) in [6.45, 7) is 5.08. The Kier molecular flexibility index (Phi) is 7.03. The Morgan fingerprint density at radius 1 is 1.21 bits per heavy atom. The number of nitrogens with zero attached hydrogens (tertiary/aromatic N) is 1. The summed E-state index contributed by atoms with van der Waals surface area (Å²) in [5.74, 6) is 0.114. The van der Waals surface area contributed by atoms with Crippen molar-refractivity contribution in [2.24, 2.45) is 5.92 Å². The first kappa shape index (κ1) is 18.7. The van der Waals surface area contributed by atoms with Gasteiger partial charge in [-0.25, -0.2) is 4.98 Å². The SMILES string of the molecule is CC(C)CO[C@H](CNC(=O)c1cccnc1Cl)c1ccc(Cl)cc1. The van der Waals surface area contributed by atoms with Gasteiger partial charge in [-0.15, -0.1) is 0 Å². The van der Waals surface area contributed by atoms with E-state index in [2.05, 4.69) is 24.1 Å². The van der Waals surface area contributed by atoms with Crippen LogP contribution in [-0.2, 0) is 4.74 Å². The van der Waals surface area contributed by atoms with Crippen LogP contribution in [0.2, 0.25) is 10.2 Å². The third-order valence-electron chi connectivity index (χ3n) is 3.32. The number of nitrogens with one attached hydrogen (secondary N) is 1. The van der Waals surface area contributed by atoms with Crippen LogP contribution in [0, 0.1) is 5.92 Å². The summed E-state index contributed by atoms with van der Waals surface area (Å²) in [5, 5.41) is 3.70. The highest BCUT2D eigenvalue weighted by atomic mass is 35.5. The molecule has 2 rings (SSSR count). The minimum absolute atomic E-state index is 0.182. The second-order valence-electron chi connectivity index (χ2n) is 5.82. The van der Waals surface area contributed by atoms with Crippen LogP contribution in [0.25, 0.3) is 0 Å². The summed E-state index contributed by atoms with van der Waals surface area (Å²) >= 11 is 11.9. The van der Waals surface area contributed by atoms with Gasteiger partial charge < -0.3 is 10.1 Å². The van der Waals surface area contributed by atoms with Crippen LogP contribution in [0.4, 0.5) is 0 Å². The minimum Gasteiger partial charge on any atom is -0.371 e. The maximum atomic E-state index is 12.3. The van der Waals surface area contributed by atoms with Crippen LogP contribution >= 0.6 is 23.2 Å². The number of aromatic nitrogens is 1. The van der Waals surface area contributed by atoms with Crippen LogP contribution in [0.3, 0.4) is 0 Å². The van der Waals surface area contributed by atoms with Crippen LogP contribution in [0.15, 0.2) is 42.6 Å². The van der Waals surface area contributed by atoms with E-state index in [1.807, 2.05) is 24.3 Å². The third-order valence-corrected chi connectivity index (χ3v) is 3.88. The molecule has 6 heteroatoms. The predicted octanol–water partition coefficient (Wildman–Crippen LogP) is 4.53. The van der Waals surface area contributed by atoms with Gasteiger partial charge >= 0.3 is 0 Å². The number of ether oxygens (including phenoxy) is 1. The Morgan fingerprint density at radius 2 is 1.92 bits per heavy atom. The Morgan fingerprint density at radius 3 is 2.54 bits per heavy atom. The predicted molar refractivity (Wildman–Crippen MR) is 96.6 cm³/mol. The minimum atomic E-state index is -0.278. The van der Waals surface area contributed by atoms with Gasteiger partial charge in [0.15, 0.2) is 0 Å². The number of amides is 1. The van der Waals surface area contributed by atoms with Gasteiger partial charge in [-0.3, -0.25) is 4.79 Å². The molecule has 1 aromatic heterocycles. The second-order valence-corrected chi connectivity index (χ2v) is 6.61. The fraction of sp³-hybridized carbons (Fsp3) is 0.333. The van der Waals surface area contributed by atoms with Crippen molar-refractivity contribution in [2.75, 3.05) is 13.2 Å². The van der Waals surface area contributed by atoms with Gasteiger partial charge in [-0.2, -0.15) is 0 Å². The Labute approximate surface area is 152 Å². The lowest BCUT2D eigenvalue weighted by molar-refractivity contribution is 0.0343. The Hall–Kier alpha value is -1.62. The number of carbonyl (C=O) groups is 1. The van der Waals surface area contributed by atoms with Gasteiger partial charge in [0.25, 0.3) is 5.91 Å². The first-order valence-electron chi connectivity index (χ1n) is 7.73. The lowest BCUT2D eigenvalue weighted by Crippen LogP contribution is -2.30. The maximum absolute atomic E-state index is 12.3. The van der Waals surface area contributed by atoms with Gasteiger partial charge in [-0.1, -0.05) is 49.2 Å². The summed E-state index contributed by atoms with van der Waals surface area (Å²) in [6, 6.07) is 10.7. The highest BCUT2D eigenvalue weighted by Crippen LogP contribution is 2.21. The fourth-order valence-electron chi connectivity index (χ4n) is 2.10. The topological polar surface area (TPSA) is 51.2 Å². The van der Waals surface area contributed by atoms with Crippen molar-refractivity contribution in [3.8, 4) is 0 Å². The molecule has 24 heavy (non-hydrogen) atoms. The van der Waals surface area contributed by atoms with Crippen LogP contribution < -0.4 is 5.32 Å². The monoisotopic (exact) mass is 366 g/mol. The van der Waals surface area contributed by atoms with E-state index >= 15 is 0 Å². The van der Waals surface area contributed by atoms with Crippen LogP contribution in [0.5, 0.6) is 0 Å². The quantitative estimate of drug-likeness (QED) is 0.732. The standard InChI is InChI=1S/C18H20Cl2N2O2/c1-12(2)11-24-16(13-5-7-14(19)8-6-13)10-22-18(23)15-4-3-9-21-17(15)20/h3-9,12,16H,10-11H2,1-2H3,(H,22,23)/t16-/m1/s1. The normalized spacial score (nSPS) is 12.2. The summed E-state index contributed by atoms with van der Waals surface area (Å²) < 4.78 is 5.94. The van der Waals surface area contributed by atoms with E-state index in [0.717, 1.165) is 5.56 Å². The molecule has 1 aromatic carbocycles. The zero-order valence-corrected chi connectivity index (χ0v) is 15.1. The zero-order chi connectivity index (χ0) is 17.5. The number of halogens is 2. The highest BCUT2D eigenvalue weighted by Gasteiger charge is 2.16. The van der Waals surface area contributed by atoms with Gasteiger partial charge in [0.1, 0.15) is 5.15 Å². The second kappa shape index (κ2) is 9.02. The molecule has 0 aliphatic carbocycles. The molecule has 0 spiro atoms. The first-order chi connectivity index (χ1) is 11.5. The number of hydrogen-bond acceptors (Lipinski definition) is 3. The molecule has 0 aliphatic rings. The Balaban J connectivity index is 2.06. The number of rotatable bonds is 7. The van der Waals surface area contributed by atoms with Gasteiger partial charge in [-0.05, 0) is 35.7 Å². The van der Waals surface area contributed by atoms with E-state index in [1.54, 1.807) is 18.3 Å². The van der Waals surface area contributed by atoms with Crippen molar-refractivity contribution in [1.82, 2.24) is 10.3 Å². The highest BCUT2D eigenvalue weighted by molar-refractivity contribution is 6.32. The van der Waals surface area contributed by atoms with Crippen LogP contribution in [0.1, 0.15) is 35.9 Å². The van der Waals surface area contributed by atoms with Crippen molar-refractivity contribution >= 4 is 29.1 Å².